The second-order valence-corrected chi connectivity index (χ2v) is 6.42. The van der Waals surface area contributed by atoms with Crippen molar-refractivity contribution in [3.05, 3.63) is 44.4 Å². The Balaban J connectivity index is 2.34. The summed E-state index contributed by atoms with van der Waals surface area (Å²) in [6.45, 7) is 0. The number of fused-ring (bicyclic) bond motifs is 1. The Morgan fingerprint density at radius 3 is 2.80 bits per heavy atom. The largest absolute Gasteiger partial charge is 0.495 e. The fourth-order valence-electron chi connectivity index (χ4n) is 2.16. The van der Waals surface area contributed by atoms with Crippen molar-refractivity contribution in [1.82, 2.24) is 9.55 Å². The van der Waals surface area contributed by atoms with Gasteiger partial charge in [-0.3, -0.25) is 4.57 Å². The molecule has 6 heteroatoms. The lowest BCUT2D eigenvalue weighted by atomic mass is 10.2. The lowest BCUT2D eigenvalue weighted by Gasteiger charge is -2.12. The van der Waals surface area contributed by atoms with Gasteiger partial charge in [-0.25, -0.2) is 4.98 Å². The van der Waals surface area contributed by atoms with Crippen molar-refractivity contribution in [2.45, 2.75) is 0 Å². The van der Waals surface area contributed by atoms with E-state index >= 15 is 0 Å². The van der Waals surface area contributed by atoms with E-state index in [2.05, 4.69) is 43.5 Å². The van der Waals surface area contributed by atoms with Crippen LogP contribution in [-0.4, -0.2) is 16.7 Å². The first-order valence-corrected chi connectivity index (χ1v) is 7.74. The summed E-state index contributed by atoms with van der Waals surface area (Å²) >= 11 is 5.74. The second kappa shape index (κ2) is 5.25. The van der Waals surface area contributed by atoms with Crippen LogP contribution in [0.25, 0.3) is 16.7 Å². The quantitative estimate of drug-likeness (QED) is 0.609. The summed E-state index contributed by atoms with van der Waals surface area (Å²) in [4.78, 5) is 4.42. The molecule has 1 heterocycles. The number of hydrogen-bond donors (Lipinski definition) is 1. The first-order valence-electron chi connectivity index (χ1n) is 5.87. The van der Waals surface area contributed by atoms with Gasteiger partial charge in [-0.05, 0) is 59.0 Å². The van der Waals surface area contributed by atoms with E-state index < -0.39 is 0 Å². The minimum Gasteiger partial charge on any atom is -0.495 e. The fraction of sp³-hybridized carbons (Fsp3) is 0.0714. The van der Waals surface area contributed by atoms with Crippen molar-refractivity contribution in [2.24, 2.45) is 0 Å². The topological polar surface area (TPSA) is 53.1 Å². The number of aromatic nitrogens is 2. The van der Waals surface area contributed by atoms with Crippen LogP contribution in [-0.2, 0) is 0 Å². The Bertz CT molecular complexity index is 800. The van der Waals surface area contributed by atoms with Crippen molar-refractivity contribution in [1.29, 1.82) is 0 Å². The third-order valence-electron chi connectivity index (χ3n) is 3.02. The second-order valence-electron chi connectivity index (χ2n) is 4.25. The molecule has 0 bridgehead atoms. The Labute approximate surface area is 138 Å². The number of halogens is 2. The first kappa shape index (κ1) is 13.7. The third-order valence-corrected chi connectivity index (χ3v) is 4.19. The molecule has 2 N–H and O–H groups in total. The monoisotopic (exact) mass is 443 g/mol. The van der Waals surface area contributed by atoms with Crippen molar-refractivity contribution in [3.63, 3.8) is 0 Å². The SMILES string of the molecule is COc1ccc(Br)cc1-n1c(N)nc2cc(I)ccc21. The Morgan fingerprint density at radius 2 is 2.05 bits per heavy atom. The molecular weight excluding hydrogens is 433 g/mol. The zero-order valence-corrected chi connectivity index (χ0v) is 14.3. The molecule has 20 heavy (non-hydrogen) atoms. The molecule has 3 aromatic rings. The molecule has 0 saturated heterocycles. The van der Waals surface area contributed by atoms with Crippen LogP contribution >= 0.6 is 38.5 Å². The van der Waals surface area contributed by atoms with Crippen molar-refractivity contribution in [2.75, 3.05) is 12.8 Å². The molecule has 1 aromatic heterocycles. The number of rotatable bonds is 2. The molecule has 0 unspecified atom stereocenters. The lowest BCUT2D eigenvalue weighted by Crippen LogP contribution is -2.02. The predicted octanol–water partition coefficient (Wildman–Crippen LogP) is 3.98. The number of anilines is 1. The molecule has 4 nitrogen and oxygen atoms in total. The van der Waals surface area contributed by atoms with Gasteiger partial charge in [0.2, 0.25) is 5.95 Å². The van der Waals surface area contributed by atoms with E-state index in [0.29, 0.717) is 5.95 Å². The van der Waals surface area contributed by atoms with Crippen LogP contribution in [0.15, 0.2) is 40.9 Å². The molecule has 0 atom stereocenters. The highest BCUT2D eigenvalue weighted by molar-refractivity contribution is 14.1. The molecule has 0 aliphatic rings. The zero-order chi connectivity index (χ0) is 14.3. The van der Waals surface area contributed by atoms with Gasteiger partial charge in [0, 0.05) is 8.04 Å². The van der Waals surface area contributed by atoms with Gasteiger partial charge in [0.05, 0.1) is 23.8 Å². The highest BCUT2D eigenvalue weighted by Crippen LogP contribution is 2.32. The molecule has 0 fully saturated rings. The number of hydrogen-bond acceptors (Lipinski definition) is 3. The number of nitrogens with zero attached hydrogens (tertiary/aromatic N) is 2. The van der Waals surface area contributed by atoms with Crippen molar-refractivity contribution < 1.29 is 4.74 Å². The number of ether oxygens (including phenoxy) is 1. The van der Waals surface area contributed by atoms with Crippen LogP contribution in [0.1, 0.15) is 0 Å². The van der Waals surface area contributed by atoms with E-state index in [9.17, 15) is 0 Å². The van der Waals surface area contributed by atoms with Crippen LogP contribution in [0.3, 0.4) is 0 Å². The van der Waals surface area contributed by atoms with E-state index in [4.69, 9.17) is 10.5 Å². The Hall–Kier alpha value is -1.28. The predicted molar refractivity (Wildman–Crippen MR) is 92.5 cm³/mol. The molecule has 2 aromatic carbocycles. The van der Waals surface area contributed by atoms with Crippen molar-refractivity contribution >= 4 is 55.5 Å². The molecule has 0 radical (unpaired) electrons. The molecule has 0 saturated carbocycles. The summed E-state index contributed by atoms with van der Waals surface area (Å²) in [6.07, 6.45) is 0. The minimum absolute atomic E-state index is 0.443. The fourth-order valence-corrected chi connectivity index (χ4v) is 2.99. The van der Waals surface area contributed by atoms with Crippen LogP contribution in [0.2, 0.25) is 0 Å². The summed E-state index contributed by atoms with van der Waals surface area (Å²) < 4.78 is 9.41. The van der Waals surface area contributed by atoms with E-state index in [1.165, 1.54) is 0 Å². The average molecular weight is 444 g/mol. The Kier molecular flexibility index (Phi) is 3.59. The average Bonchev–Trinajstić information content (AvgIpc) is 2.73. The maximum absolute atomic E-state index is 6.09. The highest BCUT2D eigenvalue weighted by Gasteiger charge is 2.14. The number of benzene rings is 2. The Morgan fingerprint density at radius 1 is 1.25 bits per heavy atom. The maximum atomic E-state index is 6.09. The van der Waals surface area contributed by atoms with Gasteiger partial charge in [-0.2, -0.15) is 0 Å². The van der Waals surface area contributed by atoms with Gasteiger partial charge in [-0.15, -0.1) is 0 Å². The van der Waals surface area contributed by atoms with Crippen molar-refractivity contribution in [3.8, 4) is 11.4 Å². The summed E-state index contributed by atoms with van der Waals surface area (Å²) in [5.74, 6) is 1.19. The molecule has 0 amide bonds. The summed E-state index contributed by atoms with van der Waals surface area (Å²) in [5.41, 5.74) is 8.78. The van der Waals surface area contributed by atoms with Gasteiger partial charge in [-0.1, -0.05) is 15.9 Å². The summed E-state index contributed by atoms with van der Waals surface area (Å²) in [6, 6.07) is 11.9. The molecular formula is C14H11BrIN3O. The van der Waals surface area contributed by atoms with Crippen LogP contribution in [0, 0.1) is 3.57 Å². The zero-order valence-electron chi connectivity index (χ0n) is 10.6. The van der Waals surface area contributed by atoms with Crippen LogP contribution in [0.4, 0.5) is 5.95 Å². The van der Waals surface area contributed by atoms with Gasteiger partial charge in [0.15, 0.2) is 0 Å². The first-order chi connectivity index (χ1) is 9.60. The summed E-state index contributed by atoms with van der Waals surface area (Å²) in [5, 5.41) is 0. The van der Waals surface area contributed by atoms with Gasteiger partial charge in [0.1, 0.15) is 5.75 Å². The maximum Gasteiger partial charge on any atom is 0.206 e. The molecule has 0 spiro atoms. The molecule has 3 rings (SSSR count). The number of nitrogen functional groups attached to an aromatic ring is 1. The molecule has 0 aliphatic heterocycles. The number of imidazole rings is 1. The summed E-state index contributed by atoms with van der Waals surface area (Å²) in [7, 11) is 1.64. The van der Waals surface area contributed by atoms with Crippen LogP contribution < -0.4 is 10.5 Å². The highest BCUT2D eigenvalue weighted by atomic mass is 127. The smallest absolute Gasteiger partial charge is 0.206 e. The minimum atomic E-state index is 0.443. The van der Waals surface area contributed by atoms with E-state index in [1.54, 1.807) is 7.11 Å². The van der Waals surface area contributed by atoms with Gasteiger partial charge < -0.3 is 10.5 Å². The lowest BCUT2D eigenvalue weighted by molar-refractivity contribution is 0.413. The van der Waals surface area contributed by atoms with E-state index in [-0.39, 0.29) is 0 Å². The van der Waals surface area contributed by atoms with Gasteiger partial charge in [0.25, 0.3) is 0 Å². The van der Waals surface area contributed by atoms with E-state index in [0.717, 1.165) is 30.5 Å². The van der Waals surface area contributed by atoms with Gasteiger partial charge >= 0.3 is 0 Å². The third kappa shape index (κ3) is 2.26. The molecule has 102 valence electrons. The van der Waals surface area contributed by atoms with Crippen LogP contribution in [0.5, 0.6) is 5.75 Å². The number of nitrogens with two attached hydrogens (primary N) is 1. The van der Waals surface area contributed by atoms with E-state index in [1.807, 2.05) is 41.0 Å². The normalized spacial score (nSPS) is 10.9. The number of methoxy groups -OCH3 is 1. The molecule has 0 aliphatic carbocycles. The standard InChI is InChI=1S/C14H11BrIN3O/c1-20-13-5-2-8(15)6-12(13)19-11-4-3-9(16)7-10(11)18-14(19)17/h2-7H,1H3,(H2,17,18).